The average molecular weight is 295 g/mol. The number of hydrogen-bond donors (Lipinski definition) is 1. The summed E-state index contributed by atoms with van der Waals surface area (Å²) in [6.45, 7) is 3.65. The Balaban J connectivity index is 2.26. The van der Waals surface area contributed by atoms with Crippen LogP contribution < -0.4 is 4.90 Å². The quantitative estimate of drug-likeness (QED) is 0.866. The van der Waals surface area contributed by atoms with Crippen LogP contribution in [0.4, 0.5) is 5.69 Å². The van der Waals surface area contributed by atoms with Gasteiger partial charge in [0.2, 0.25) is 0 Å². The van der Waals surface area contributed by atoms with Crippen molar-refractivity contribution in [3.63, 3.8) is 0 Å². The molecule has 1 N–H and O–H groups in total. The third-order valence-corrected chi connectivity index (χ3v) is 3.77. The van der Waals surface area contributed by atoms with E-state index >= 15 is 0 Å². The van der Waals surface area contributed by atoms with Crippen molar-refractivity contribution in [3.05, 3.63) is 28.2 Å². The molecule has 1 heterocycles. The first-order valence-electron chi connectivity index (χ1n) is 5.74. The number of nitrogens with zero attached hydrogens (tertiary/aromatic N) is 2. The molecule has 0 bridgehead atoms. The van der Waals surface area contributed by atoms with Gasteiger partial charge in [-0.05, 0) is 30.5 Å². The molecule has 0 saturated carbocycles. The summed E-state index contributed by atoms with van der Waals surface area (Å²) in [5, 5.41) is 18.9. The topological polar surface area (TPSA) is 47.3 Å². The molecule has 2 unspecified atom stereocenters. The monoisotopic (exact) mass is 294 g/mol. The molecule has 0 radical (unpaired) electrons. The fraction of sp³-hybridized carbons (Fsp3) is 0.462. The largest absolute Gasteiger partial charge is 0.393 e. The van der Waals surface area contributed by atoms with Crippen LogP contribution in [0.1, 0.15) is 18.9 Å². The predicted octanol–water partition coefficient (Wildman–Crippen LogP) is 2.53. The van der Waals surface area contributed by atoms with Gasteiger partial charge in [0.25, 0.3) is 0 Å². The number of nitriles is 1. The Hall–Kier alpha value is -1.05. The van der Waals surface area contributed by atoms with Crippen molar-refractivity contribution in [2.75, 3.05) is 18.0 Å². The van der Waals surface area contributed by atoms with Gasteiger partial charge in [0, 0.05) is 17.6 Å². The average Bonchev–Trinajstić information content (AvgIpc) is 2.32. The molecule has 1 aliphatic heterocycles. The van der Waals surface area contributed by atoms with Crippen LogP contribution >= 0.6 is 15.9 Å². The van der Waals surface area contributed by atoms with Gasteiger partial charge in [-0.25, -0.2) is 0 Å². The van der Waals surface area contributed by atoms with Gasteiger partial charge in [-0.1, -0.05) is 22.9 Å². The van der Waals surface area contributed by atoms with Crippen molar-refractivity contribution in [3.8, 4) is 6.07 Å². The summed E-state index contributed by atoms with van der Waals surface area (Å²) in [4.78, 5) is 2.18. The van der Waals surface area contributed by atoms with Gasteiger partial charge in [0.15, 0.2) is 0 Å². The lowest BCUT2D eigenvalue weighted by Crippen LogP contribution is -2.42. The number of anilines is 1. The Morgan fingerprint density at radius 1 is 1.53 bits per heavy atom. The van der Waals surface area contributed by atoms with Gasteiger partial charge in [-0.2, -0.15) is 5.26 Å². The molecule has 2 rings (SSSR count). The molecule has 0 aliphatic carbocycles. The number of halogens is 1. The fourth-order valence-electron chi connectivity index (χ4n) is 2.23. The number of aliphatic hydroxyl groups excluding tert-OH is 1. The molecule has 1 aliphatic rings. The van der Waals surface area contributed by atoms with E-state index in [1.807, 2.05) is 25.1 Å². The number of benzene rings is 1. The van der Waals surface area contributed by atoms with Gasteiger partial charge in [-0.3, -0.25) is 0 Å². The van der Waals surface area contributed by atoms with Crippen molar-refractivity contribution >= 4 is 21.6 Å². The summed E-state index contributed by atoms with van der Waals surface area (Å²) in [6.07, 6.45) is 0.550. The third kappa shape index (κ3) is 2.62. The lowest BCUT2D eigenvalue weighted by Gasteiger charge is -2.36. The number of piperidine rings is 1. The summed E-state index contributed by atoms with van der Waals surface area (Å²) in [6, 6.07) is 7.98. The first kappa shape index (κ1) is 12.4. The number of hydrogen-bond acceptors (Lipinski definition) is 3. The molecule has 0 amide bonds. The van der Waals surface area contributed by atoms with E-state index in [1.165, 1.54) is 0 Å². The van der Waals surface area contributed by atoms with Crippen LogP contribution in [-0.2, 0) is 0 Å². The van der Waals surface area contributed by atoms with E-state index < -0.39 is 0 Å². The van der Waals surface area contributed by atoms with E-state index in [9.17, 15) is 5.11 Å². The lowest BCUT2D eigenvalue weighted by atomic mass is 9.96. The molecule has 2 atom stereocenters. The van der Waals surface area contributed by atoms with Crippen LogP contribution in [0.5, 0.6) is 0 Å². The van der Waals surface area contributed by atoms with Crippen LogP contribution in [0.15, 0.2) is 22.7 Å². The maximum Gasteiger partial charge on any atom is 0.101 e. The highest BCUT2D eigenvalue weighted by Crippen LogP contribution is 2.28. The molecule has 1 fully saturated rings. The minimum absolute atomic E-state index is 0.216. The van der Waals surface area contributed by atoms with E-state index in [1.54, 1.807) is 0 Å². The SMILES string of the molecule is CC1CN(c2ccc(Br)cc2C#N)CCC1O. The van der Waals surface area contributed by atoms with Crippen molar-refractivity contribution in [2.45, 2.75) is 19.4 Å². The second-order valence-corrected chi connectivity index (χ2v) is 5.47. The molecular weight excluding hydrogens is 280 g/mol. The van der Waals surface area contributed by atoms with Crippen molar-refractivity contribution < 1.29 is 5.11 Å². The molecule has 1 aromatic rings. The minimum atomic E-state index is -0.216. The Bertz CT molecular complexity index is 455. The van der Waals surface area contributed by atoms with Gasteiger partial charge < -0.3 is 10.0 Å². The van der Waals surface area contributed by atoms with Crippen molar-refractivity contribution in [1.82, 2.24) is 0 Å². The van der Waals surface area contributed by atoms with Gasteiger partial charge in [0.1, 0.15) is 6.07 Å². The highest BCUT2D eigenvalue weighted by atomic mass is 79.9. The Morgan fingerprint density at radius 2 is 2.29 bits per heavy atom. The van der Waals surface area contributed by atoms with Crippen LogP contribution in [-0.4, -0.2) is 24.3 Å². The zero-order valence-corrected chi connectivity index (χ0v) is 11.3. The second-order valence-electron chi connectivity index (χ2n) is 4.55. The maximum atomic E-state index is 9.71. The highest BCUT2D eigenvalue weighted by Gasteiger charge is 2.25. The Morgan fingerprint density at radius 3 is 2.94 bits per heavy atom. The van der Waals surface area contributed by atoms with Crippen LogP contribution in [0, 0.1) is 17.2 Å². The predicted molar refractivity (Wildman–Crippen MR) is 70.9 cm³/mol. The summed E-state index contributed by atoms with van der Waals surface area (Å²) in [7, 11) is 0. The van der Waals surface area contributed by atoms with Crippen molar-refractivity contribution in [1.29, 1.82) is 5.26 Å². The molecule has 0 aromatic heterocycles. The van der Waals surface area contributed by atoms with Gasteiger partial charge in [0.05, 0.1) is 17.4 Å². The molecule has 0 spiro atoms. The lowest BCUT2D eigenvalue weighted by molar-refractivity contribution is 0.0971. The Kier molecular flexibility index (Phi) is 3.70. The van der Waals surface area contributed by atoms with Crippen LogP contribution in [0.3, 0.4) is 0 Å². The highest BCUT2D eigenvalue weighted by molar-refractivity contribution is 9.10. The van der Waals surface area contributed by atoms with Crippen LogP contribution in [0.25, 0.3) is 0 Å². The van der Waals surface area contributed by atoms with E-state index in [0.717, 1.165) is 29.7 Å². The van der Waals surface area contributed by atoms with E-state index in [2.05, 4.69) is 26.9 Å². The van der Waals surface area contributed by atoms with Gasteiger partial charge in [-0.15, -0.1) is 0 Å². The zero-order chi connectivity index (χ0) is 12.4. The number of aliphatic hydroxyl groups is 1. The first-order chi connectivity index (χ1) is 8.11. The molecule has 1 saturated heterocycles. The van der Waals surface area contributed by atoms with Crippen LogP contribution in [0.2, 0.25) is 0 Å². The van der Waals surface area contributed by atoms with E-state index in [-0.39, 0.29) is 12.0 Å². The fourth-order valence-corrected chi connectivity index (χ4v) is 2.59. The van der Waals surface area contributed by atoms with E-state index in [0.29, 0.717) is 5.56 Å². The normalized spacial score (nSPS) is 24.5. The molecular formula is C13H15BrN2O. The second kappa shape index (κ2) is 5.07. The Labute approximate surface area is 110 Å². The maximum absolute atomic E-state index is 9.71. The molecule has 90 valence electrons. The molecule has 3 nitrogen and oxygen atoms in total. The summed E-state index contributed by atoms with van der Waals surface area (Å²) in [5.74, 6) is 0.249. The minimum Gasteiger partial charge on any atom is -0.393 e. The first-order valence-corrected chi connectivity index (χ1v) is 6.54. The summed E-state index contributed by atoms with van der Waals surface area (Å²) >= 11 is 3.37. The third-order valence-electron chi connectivity index (χ3n) is 3.28. The number of rotatable bonds is 1. The summed E-state index contributed by atoms with van der Waals surface area (Å²) in [5.41, 5.74) is 1.65. The summed E-state index contributed by atoms with van der Waals surface area (Å²) < 4.78 is 0.919. The van der Waals surface area contributed by atoms with Gasteiger partial charge >= 0.3 is 0 Å². The van der Waals surface area contributed by atoms with Crippen molar-refractivity contribution in [2.24, 2.45) is 5.92 Å². The standard InChI is InChI=1S/C13H15BrN2O/c1-9-8-16(5-4-13(9)17)12-3-2-11(14)6-10(12)7-15/h2-3,6,9,13,17H,4-5,8H2,1H3. The smallest absolute Gasteiger partial charge is 0.101 e. The van der Waals surface area contributed by atoms with E-state index in [4.69, 9.17) is 5.26 Å². The molecule has 4 heteroatoms. The molecule has 1 aromatic carbocycles. The molecule has 17 heavy (non-hydrogen) atoms. The zero-order valence-electron chi connectivity index (χ0n) is 9.73.